The van der Waals surface area contributed by atoms with Gasteiger partial charge < -0.3 is 20.1 Å². The van der Waals surface area contributed by atoms with Gasteiger partial charge in [-0.3, -0.25) is 18.6 Å². The van der Waals surface area contributed by atoms with E-state index in [1.165, 1.54) is 109 Å². The molecule has 1 amide bonds. The van der Waals surface area contributed by atoms with E-state index in [0.29, 0.717) is 6.42 Å². The van der Waals surface area contributed by atoms with Crippen LogP contribution in [0.3, 0.4) is 0 Å². The highest BCUT2D eigenvalue weighted by Crippen LogP contribution is 2.42. The number of nitrogens with one attached hydrogen (secondary N) is 1. The maximum Gasteiger partial charge on any atom is 0.472 e. The van der Waals surface area contributed by atoms with E-state index in [0.717, 1.165) is 38.5 Å². The maximum absolute atomic E-state index is 12.0. The van der Waals surface area contributed by atoms with Crippen LogP contribution in [0.1, 0.15) is 174 Å². The Morgan fingerprint density at radius 2 is 1.02 bits per heavy atom. The fourth-order valence-corrected chi connectivity index (χ4v) is 5.78. The molecule has 0 heterocycles. The van der Waals surface area contributed by atoms with Crippen LogP contribution in [-0.4, -0.2) is 54.3 Å². The summed E-state index contributed by atoms with van der Waals surface area (Å²) in [5, 5.41) is 12.6. The molecule has 0 aromatic heterocycles. The van der Waals surface area contributed by atoms with E-state index in [1.54, 1.807) is 0 Å². The molecule has 0 aliphatic carbocycles. The van der Waals surface area contributed by atoms with Gasteiger partial charge in [0.05, 0.1) is 13.2 Å². The number of esters is 1. The molecule has 0 aromatic rings. The lowest BCUT2D eigenvalue weighted by Crippen LogP contribution is -2.27. The first-order valence-corrected chi connectivity index (χ1v) is 19.5. The van der Waals surface area contributed by atoms with Gasteiger partial charge in [-0.25, -0.2) is 4.57 Å². The van der Waals surface area contributed by atoms with Gasteiger partial charge in [-0.2, -0.15) is 0 Å². The van der Waals surface area contributed by atoms with Crippen molar-refractivity contribution >= 4 is 19.7 Å². The maximum atomic E-state index is 12.0. The van der Waals surface area contributed by atoms with Gasteiger partial charge in [-0.05, 0) is 12.8 Å². The molecule has 0 aliphatic rings. The highest BCUT2D eigenvalue weighted by molar-refractivity contribution is 7.47. The van der Waals surface area contributed by atoms with Gasteiger partial charge in [0, 0.05) is 19.4 Å². The fraction of sp³-hybridized carbons (Fsp3) is 0.941. The molecule has 0 bridgehead atoms. The molecule has 2 atom stereocenters. The second-order valence-electron chi connectivity index (χ2n) is 12.2. The van der Waals surface area contributed by atoms with Crippen LogP contribution < -0.4 is 5.32 Å². The van der Waals surface area contributed by atoms with Gasteiger partial charge in [-0.15, -0.1) is 0 Å². The summed E-state index contributed by atoms with van der Waals surface area (Å²) >= 11 is 0. The van der Waals surface area contributed by atoms with Gasteiger partial charge in [0.25, 0.3) is 0 Å². The van der Waals surface area contributed by atoms with Crippen molar-refractivity contribution in [1.29, 1.82) is 0 Å². The van der Waals surface area contributed by atoms with Gasteiger partial charge >= 0.3 is 13.8 Å². The van der Waals surface area contributed by atoms with E-state index in [9.17, 15) is 24.2 Å². The van der Waals surface area contributed by atoms with Crippen molar-refractivity contribution in [2.45, 2.75) is 180 Å². The Kier molecular flexibility index (Phi) is 31.3. The Morgan fingerprint density at radius 3 is 1.48 bits per heavy atom. The van der Waals surface area contributed by atoms with Crippen LogP contribution in [0.5, 0.6) is 0 Å². The van der Waals surface area contributed by atoms with Gasteiger partial charge in [0.2, 0.25) is 5.91 Å². The van der Waals surface area contributed by atoms with Crippen LogP contribution in [0.4, 0.5) is 0 Å². The highest BCUT2D eigenvalue weighted by Gasteiger charge is 2.23. The molecule has 0 radical (unpaired) electrons. The van der Waals surface area contributed by atoms with Crippen LogP contribution in [-0.2, 0) is 27.9 Å². The van der Waals surface area contributed by atoms with Crippen LogP contribution in [0.15, 0.2) is 0 Å². The minimum absolute atomic E-state index is 0.0865. The predicted molar refractivity (Wildman–Crippen MR) is 178 cm³/mol. The normalized spacial score (nSPS) is 13.5. The average molecular weight is 650 g/mol. The summed E-state index contributed by atoms with van der Waals surface area (Å²) in [6, 6.07) is 0. The quantitative estimate of drug-likeness (QED) is 0.0358. The van der Waals surface area contributed by atoms with E-state index in [4.69, 9.17) is 13.8 Å². The number of carbonyl (C=O) groups excluding carboxylic acids is 2. The van der Waals surface area contributed by atoms with Crippen LogP contribution in [0, 0.1) is 0 Å². The standard InChI is InChI=1S/C34H68NO8P/c1-3-5-7-9-11-13-14-15-16-17-18-19-21-23-25-27-34(38)41-30-32(36)31-43-44(39,40)42-29-28-35-33(37)26-24-22-20-12-10-8-6-4-2/h32,36H,3-31H2,1-2H3,(H,35,37)(H,39,40). The third kappa shape index (κ3) is 32.4. The molecular formula is C34H68NO8P. The second kappa shape index (κ2) is 32.0. The number of hydrogen-bond donors (Lipinski definition) is 3. The minimum atomic E-state index is -4.39. The first kappa shape index (κ1) is 43.0. The Morgan fingerprint density at radius 1 is 0.614 bits per heavy atom. The molecule has 44 heavy (non-hydrogen) atoms. The summed E-state index contributed by atoms with van der Waals surface area (Å²) in [6.07, 6.45) is 27.5. The number of aliphatic hydroxyl groups excluding tert-OH is 1. The van der Waals surface area contributed by atoms with Crippen molar-refractivity contribution in [1.82, 2.24) is 5.32 Å². The molecule has 0 aliphatic heterocycles. The zero-order chi connectivity index (χ0) is 32.6. The lowest BCUT2D eigenvalue weighted by Gasteiger charge is -2.15. The number of ether oxygens (including phenoxy) is 1. The Hall–Kier alpha value is -0.990. The Balaban J connectivity index is 3.60. The lowest BCUT2D eigenvalue weighted by atomic mass is 10.0. The van der Waals surface area contributed by atoms with Crippen molar-refractivity contribution in [3.8, 4) is 0 Å². The van der Waals surface area contributed by atoms with Gasteiger partial charge in [0.1, 0.15) is 12.7 Å². The summed E-state index contributed by atoms with van der Waals surface area (Å²) in [5.74, 6) is -0.514. The summed E-state index contributed by atoms with van der Waals surface area (Å²) in [6.45, 7) is 3.52. The first-order valence-electron chi connectivity index (χ1n) is 18.0. The zero-order valence-corrected chi connectivity index (χ0v) is 29.3. The van der Waals surface area contributed by atoms with Crippen LogP contribution >= 0.6 is 7.82 Å². The third-order valence-electron chi connectivity index (χ3n) is 7.79. The van der Waals surface area contributed by atoms with Crippen molar-refractivity contribution in [2.24, 2.45) is 0 Å². The van der Waals surface area contributed by atoms with E-state index in [1.807, 2.05) is 0 Å². The SMILES string of the molecule is CCCCCCCCCCCCCCCCCC(=O)OCC(O)COP(=O)(O)OCCNC(=O)CCCCCCCCCC. The fourth-order valence-electron chi connectivity index (χ4n) is 5.03. The van der Waals surface area contributed by atoms with Crippen molar-refractivity contribution in [3.63, 3.8) is 0 Å². The molecule has 0 saturated heterocycles. The molecule has 2 unspecified atom stereocenters. The third-order valence-corrected chi connectivity index (χ3v) is 8.77. The van der Waals surface area contributed by atoms with Gasteiger partial charge in [-0.1, -0.05) is 149 Å². The second-order valence-corrected chi connectivity index (χ2v) is 13.7. The van der Waals surface area contributed by atoms with E-state index >= 15 is 0 Å². The average Bonchev–Trinajstić information content (AvgIpc) is 3.00. The molecule has 0 rings (SSSR count). The largest absolute Gasteiger partial charge is 0.472 e. The molecule has 0 saturated carbocycles. The molecule has 3 N–H and O–H groups in total. The number of hydrogen-bond acceptors (Lipinski definition) is 7. The Bertz CT molecular complexity index is 709. The summed E-state index contributed by atoms with van der Waals surface area (Å²) in [7, 11) is -4.39. The monoisotopic (exact) mass is 649 g/mol. The van der Waals surface area contributed by atoms with Crippen LogP contribution in [0.25, 0.3) is 0 Å². The van der Waals surface area contributed by atoms with Crippen LogP contribution in [0.2, 0.25) is 0 Å². The van der Waals surface area contributed by atoms with Crippen molar-refractivity contribution < 1.29 is 37.9 Å². The number of unbranched alkanes of at least 4 members (excludes halogenated alkanes) is 21. The number of phosphoric ester groups is 1. The smallest absolute Gasteiger partial charge is 0.463 e. The topological polar surface area (TPSA) is 131 Å². The highest BCUT2D eigenvalue weighted by atomic mass is 31.2. The van der Waals surface area contributed by atoms with Crippen molar-refractivity contribution in [3.05, 3.63) is 0 Å². The number of carbonyl (C=O) groups is 2. The molecule has 0 aromatic carbocycles. The summed E-state index contributed by atoms with van der Waals surface area (Å²) in [4.78, 5) is 33.6. The molecular weight excluding hydrogens is 581 g/mol. The molecule has 0 fully saturated rings. The van der Waals surface area contributed by atoms with Crippen molar-refractivity contribution in [2.75, 3.05) is 26.4 Å². The van der Waals surface area contributed by atoms with E-state index in [-0.39, 0.29) is 32.1 Å². The number of rotatable bonds is 34. The number of aliphatic hydroxyl groups is 1. The lowest BCUT2D eigenvalue weighted by molar-refractivity contribution is -0.147. The van der Waals surface area contributed by atoms with Gasteiger partial charge in [0.15, 0.2) is 0 Å². The summed E-state index contributed by atoms with van der Waals surface area (Å²) < 4.78 is 26.7. The molecule has 0 spiro atoms. The number of amides is 1. The number of phosphoric acid groups is 1. The first-order chi connectivity index (χ1) is 21.3. The minimum Gasteiger partial charge on any atom is -0.463 e. The predicted octanol–water partition coefficient (Wildman–Crippen LogP) is 8.93. The zero-order valence-electron chi connectivity index (χ0n) is 28.4. The molecule has 10 heteroatoms. The molecule has 262 valence electrons. The Labute approximate surface area is 269 Å². The summed E-state index contributed by atoms with van der Waals surface area (Å²) in [5.41, 5.74) is 0. The molecule has 9 nitrogen and oxygen atoms in total. The van der Waals surface area contributed by atoms with E-state index in [2.05, 4.69) is 19.2 Å². The van der Waals surface area contributed by atoms with E-state index < -0.39 is 26.5 Å².